The number of ether oxygens (including phenoxy) is 1. The van der Waals surface area contributed by atoms with Gasteiger partial charge in [-0.05, 0) is 43.5 Å². The van der Waals surface area contributed by atoms with Crippen molar-refractivity contribution in [1.82, 2.24) is 15.3 Å². The zero-order valence-corrected chi connectivity index (χ0v) is 13.8. The predicted molar refractivity (Wildman–Crippen MR) is 86.4 cm³/mol. The van der Waals surface area contributed by atoms with E-state index < -0.39 is 5.97 Å². The highest BCUT2D eigenvalue weighted by Gasteiger charge is 2.24. The van der Waals surface area contributed by atoms with E-state index in [1.807, 2.05) is 26.0 Å². The van der Waals surface area contributed by atoms with Crippen molar-refractivity contribution in [3.05, 3.63) is 52.6 Å². The van der Waals surface area contributed by atoms with Gasteiger partial charge in [0.15, 0.2) is 0 Å². The van der Waals surface area contributed by atoms with Gasteiger partial charge in [0.25, 0.3) is 5.91 Å². The number of aromatic nitrogens is 2. The third-order valence-electron chi connectivity index (χ3n) is 3.85. The summed E-state index contributed by atoms with van der Waals surface area (Å²) in [6, 6.07) is 3.54. The molecule has 0 fully saturated rings. The second-order valence-corrected chi connectivity index (χ2v) is 5.30. The lowest BCUT2D eigenvalue weighted by molar-refractivity contribution is 0.0599. The number of esters is 1. The van der Waals surface area contributed by atoms with Gasteiger partial charge in [0, 0.05) is 18.1 Å². The molecule has 2 heterocycles. The van der Waals surface area contributed by atoms with Gasteiger partial charge in [-0.15, -0.1) is 0 Å². The standard InChI is InChI=1S/C17H21N3O3/c1-5-13-14(17(22)23-4)10(2)15(20-13)16(21)19-11(3)12-6-8-18-9-7-12/h6-9,11,20H,5H2,1-4H3,(H,19,21)/t11-/m1/s1. The molecule has 6 heteroatoms. The molecule has 0 saturated carbocycles. The lowest BCUT2D eigenvalue weighted by Gasteiger charge is -2.13. The minimum absolute atomic E-state index is 0.167. The molecule has 0 aliphatic carbocycles. The van der Waals surface area contributed by atoms with Crippen LogP contribution in [0.25, 0.3) is 0 Å². The number of nitrogens with zero attached hydrogens (tertiary/aromatic N) is 1. The van der Waals surface area contributed by atoms with Gasteiger partial charge in [0.1, 0.15) is 5.69 Å². The van der Waals surface area contributed by atoms with Crippen LogP contribution in [-0.4, -0.2) is 29.0 Å². The van der Waals surface area contributed by atoms with Crippen LogP contribution in [0.15, 0.2) is 24.5 Å². The number of carbonyl (C=O) groups is 2. The fourth-order valence-electron chi connectivity index (χ4n) is 2.53. The fraction of sp³-hybridized carbons (Fsp3) is 0.353. The number of hydrogen-bond acceptors (Lipinski definition) is 4. The minimum Gasteiger partial charge on any atom is -0.465 e. The van der Waals surface area contributed by atoms with Crippen LogP contribution in [0.3, 0.4) is 0 Å². The molecule has 2 N–H and O–H groups in total. The summed E-state index contributed by atoms with van der Waals surface area (Å²) in [6.45, 7) is 5.56. The number of amides is 1. The van der Waals surface area contributed by atoms with Crippen molar-refractivity contribution in [2.45, 2.75) is 33.2 Å². The molecular weight excluding hydrogens is 294 g/mol. The van der Waals surface area contributed by atoms with Crippen LogP contribution in [0.5, 0.6) is 0 Å². The molecule has 122 valence electrons. The van der Waals surface area contributed by atoms with Gasteiger partial charge in [0.05, 0.1) is 18.7 Å². The van der Waals surface area contributed by atoms with Crippen molar-refractivity contribution in [2.75, 3.05) is 7.11 Å². The zero-order chi connectivity index (χ0) is 17.0. The maximum absolute atomic E-state index is 12.5. The third-order valence-corrected chi connectivity index (χ3v) is 3.85. The Balaban J connectivity index is 2.26. The van der Waals surface area contributed by atoms with Gasteiger partial charge in [-0.2, -0.15) is 0 Å². The van der Waals surface area contributed by atoms with Crippen molar-refractivity contribution >= 4 is 11.9 Å². The number of methoxy groups -OCH3 is 1. The average molecular weight is 315 g/mol. The van der Waals surface area contributed by atoms with E-state index in [4.69, 9.17) is 4.74 Å². The number of nitrogens with one attached hydrogen (secondary N) is 2. The molecule has 1 atom stereocenters. The normalized spacial score (nSPS) is 11.8. The molecule has 2 aromatic rings. The van der Waals surface area contributed by atoms with Gasteiger partial charge in [-0.25, -0.2) is 4.79 Å². The highest BCUT2D eigenvalue weighted by molar-refractivity contribution is 6.00. The Bertz CT molecular complexity index is 707. The molecule has 0 unspecified atom stereocenters. The summed E-state index contributed by atoms with van der Waals surface area (Å²) in [6.07, 6.45) is 3.98. The first-order valence-electron chi connectivity index (χ1n) is 7.50. The molecule has 23 heavy (non-hydrogen) atoms. The van der Waals surface area contributed by atoms with E-state index in [0.717, 1.165) is 5.56 Å². The van der Waals surface area contributed by atoms with Crippen LogP contribution in [0.4, 0.5) is 0 Å². The lowest BCUT2D eigenvalue weighted by atomic mass is 10.1. The van der Waals surface area contributed by atoms with Gasteiger partial charge in [-0.1, -0.05) is 6.92 Å². The Morgan fingerprint density at radius 1 is 1.35 bits per heavy atom. The minimum atomic E-state index is -0.433. The highest BCUT2D eigenvalue weighted by Crippen LogP contribution is 2.21. The molecular formula is C17H21N3O3. The molecule has 0 aromatic carbocycles. The van der Waals surface area contributed by atoms with Crippen molar-refractivity contribution in [3.63, 3.8) is 0 Å². The van der Waals surface area contributed by atoms with Gasteiger partial charge >= 0.3 is 5.97 Å². The Labute approximate surface area is 135 Å². The first-order valence-corrected chi connectivity index (χ1v) is 7.50. The second kappa shape index (κ2) is 7.09. The fourth-order valence-corrected chi connectivity index (χ4v) is 2.53. The number of aromatic amines is 1. The van der Waals surface area contributed by atoms with Crippen LogP contribution < -0.4 is 5.32 Å². The monoisotopic (exact) mass is 315 g/mol. The van der Waals surface area contributed by atoms with Crippen LogP contribution in [-0.2, 0) is 11.2 Å². The molecule has 0 aliphatic heterocycles. The Hall–Kier alpha value is -2.63. The number of rotatable bonds is 5. The summed E-state index contributed by atoms with van der Waals surface area (Å²) < 4.78 is 4.81. The second-order valence-electron chi connectivity index (χ2n) is 5.30. The Kier molecular flexibility index (Phi) is 5.16. The topological polar surface area (TPSA) is 84.1 Å². The molecule has 0 radical (unpaired) electrons. The number of pyridine rings is 1. The van der Waals surface area contributed by atoms with Crippen molar-refractivity contribution in [1.29, 1.82) is 0 Å². The van der Waals surface area contributed by atoms with Crippen LogP contribution in [0.2, 0.25) is 0 Å². The first-order chi connectivity index (χ1) is 11.0. The SMILES string of the molecule is CCc1[nH]c(C(=O)N[C@H](C)c2ccncc2)c(C)c1C(=O)OC. The van der Waals surface area contributed by atoms with Crippen LogP contribution in [0.1, 0.15) is 57.6 Å². The molecule has 1 amide bonds. The molecule has 0 saturated heterocycles. The van der Waals surface area contributed by atoms with E-state index in [1.165, 1.54) is 7.11 Å². The van der Waals surface area contributed by atoms with E-state index in [2.05, 4.69) is 15.3 Å². The Morgan fingerprint density at radius 2 is 2.00 bits per heavy atom. The molecule has 0 spiro atoms. The van der Waals surface area contributed by atoms with E-state index in [0.29, 0.717) is 28.9 Å². The summed E-state index contributed by atoms with van der Waals surface area (Å²) >= 11 is 0. The Morgan fingerprint density at radius 3 is 2.57 bits per heavy atom. The number of hydrogen-bond donors (Lipinski definition) is 2. The van der Waals surface area contributed by atoms with E-state index in [1.54, 1.807) is 19.3 Å². The highest BCUT2D eigenvalue weighted by atomic mass is 16.5. The van der Waals surface area contributed by atoms with Gasteiger partial charge in [-0.3, -0.25) is 9.78 Å². The molecule has 0 aliphatic rings. The number of H-pyrrole nitrogens is 1. The van der Waals surface area contributed by atoms with Crippen molar-refractivity contribution < 1.29 is 14.3 Å². The number of aryl methyl sites for hydroxylation is 1. The van der Waals surface area contributed by atoms with E-state index in [9.17, 15) is 9.59 Å². The van der Waals surface area contributed by atoms with Gasteiger partial charge < -0.3 is 15.0 Å². The summed E-state index contributed by atoms with van der Waals surface area (Å²) in [4.78, 5) is 31.5. The van der Waals surface area contributed by atoms with E-state index >= 15 is 0 Å². The lowest BCUT2D eigenvalue weighted by Crippen LogP contribution is -2.27. The zero-order valence-electron chi connectivity index (χ0n) is 13.8. The molecule has 2 aromatic heterocycles. The quantitative estimate of drug-likeness (QED) is 0.831. The molecule has 2 rings (SSSR count). The summed E-state index contributed by atoms with van der Waals surface area (Å²) in [5, 5.41) is 2.92. The van der Waals surface area contributed by atoms with Crippen LogP contribution >= 0.6 is 0 Å². The smallest absolute Gasteiger partial charge is 0.339 e. The molecule has 6 nitrogen and oxygen atoms in total. The van der Waals surface area contributed by atoms with Gasteiger partial charge in [0.2, 0.25) is 0 Å². The summed E-state index contributed by atoms with van der Waals surface area (Å²) in [7, 11) is 1.33. The van der Waals surface area contributed by atoms with Crippen LogP contribution in [0, 0.1) is 6.92 Å². The third kappa shape index (κ3) is 3.41. The number of carbonyl (C=O) groups excluding carboxylic acids is 2. The summed E-state index contributed by atoms with van der Waals surface area (Å²) in [5.74, 6) is -0.687. The maximum atomic E-state index is 12.5. The largest absolute Gasteiger partial charge is 0.465 e. The average Bonchev–Trinajstić information content (AvgIpc) is 2.91. The maximum Gasteiger partial charge on any atom is 0.339 e. The van der Waals surface area contributed by atoms with Crippen molar-refractivity contribution in [2.24, 2.45) is 0 Å². The predicted octanol–water partition coefficient (Wildman–Crippen LogP) is 2.56. The molecule has 0 bridgehead atoms. The van der Waals surface area contributed by atoms with E-state index in [-0.39, 0.29) is 11.9 Å². The summed E-state index contributed by atoms with van der Waals surface area (Å²) in [5.41, 5.74) is 3.10. The first kappa shape index (κ1) is 16.7. The van der Waals surface area contributed by atoms with Crippen molar-refractivity contribution in [3.8, 4) is 0 Å².